The Balaban J connectivity index is 1.67. The van der Waals surface area contributed by atoms with Gasteiger partial charge in [-0.2, -0.15) is 4.99 Å². The molecule has 0 saturated carbocycles. The SMILES string of the molecule is O=C(O)CSC1=NC(=S)SC2=NC(=O)C3(NN12)c1ccccc1-c1ccccc13. The molecule has 2 aromatic rings. The number of hydrogen-bond donors (Lipinski definition) is 2. The van der Waals surface area contributed by atoms with E-state index >= 15 is 0 Å². The van der Waals surface area contributed by atoms with Crippen molar-refractivity contribution in [3.05, 3.63) is 59.7 Å². The zero-order valence-electron chi connectivity index (χ0n) is 14.7. The van der Waals surface area contributed by atoms with Crippen molar-refractivity contribution in [2.45, 2.75) is 5.54 Å². The van der Waals surface area contributed by atoms with Crippen LogP contribution in [0.25, 0.3) is 11.1 Å². The van der Waals surface area contributed by atoms with Gasteiger partial charge in [-0.1, -0.05) is 60.3 Å². The number of aliphatic carboxylic acids is 1. The number of carboxylic acid groups (broad SMARTS) is 1. The number of amidine groups is 2. The number of carboxylic acids is 1. The number of hydrazine groups is 1. The minimum atomic E-state index is -1.21. The van der Waals surface area contributed by atoms with E-state index in [1.54, 1.807) is 5.01 Å². The molecule has 2 aromatic carbocycles. The Kier molecular flexibility index (Phi) is 4.32. The summed E-state index contributed by atoms with van der Waals surface area (Å²) in [5.74, 6) is -1.51. The molecule has 2 N–H and O–H groups in total. The Morgan fingerprint density at radius 3 is 2.38 bits per heavy atom. The standard InChI is InChI=1S/C19H12N4O3S3/c24-14(25)9-28-16-21-18(27)29-17-20-15(26)19(22-23(16)17)12-7-3-1-5-10(12)11-6-2-4-8-13(11)19/h1-8,22H,9H2,(H,24,25). The number of thioether (sulfide) groups is 2. The van der Waals surface area contributed by atoms with Gasteiger partial charge in [0.2, 0.25) is 0 Å². The monoisotopic (exact) mass is 440 g/mol. The first kappa shape index (κ1) is 18.5. The zero-order valence-corrected chi connectivity index (χ0v) is 17.1. The van der Waals surface area contributed by atoms with Crippen LogP contribution in [0, 0.1) is 0 Å². The van der Waals surface area contributed by atoms with Crippen LogP contribution in [0.2, 0.25) is 0 Å². The summed E-state index contributed by atoms with van der Waals surface area (Å²) < 4.78 is 0.283. The molecule has 1 spiro atoms. The molecule has 5 rings (SSSR count). The van der Waals surface area contributed by atoms with E-state index in [9.17, 15) is 9.59 Å². The highest BCUT2D eigenvalue weighted by Gasteiger charge is 2.54. The fourth-order valence-electron chi connectivity index (χ4n) is 3.72. The Morgan fingerprint density at radius 1 is 1.14 bits per heavy atom. The van der Waals surface area contributed by atoms with Crippen LogP contribution >= 0.6 is 35.7 Å². The lowest BCUT2D eigenvalue weighted by Gasteiger charge is -2.41. The van der Waals surface area contributed by atoms with E-state index in [4.69, 9.17) is 17.3 Å². The van der Waals surface area contributed by atoms with Crippen molar-refractivity contribution in [1.82, 2.24) is 10.4 Å². The molecule has 7 nitrogen and oxygen atoms in total. The number of aliphatic imine (C=N–C) groups is 2. The fraction of sp³-hybridized carbons (Fsp3) is 0.105. The predicted molar refractivity (Wildman–Crippen MR) is 118 cm³/mol. The maximum absolute atomic E-state index is 13.4. The number of carbonyl (C=O) groups excluding carboxylic acids is 1. The highest BCUT2D eigenvalue weighted by Crippen LogP contribution is 2.49. The molecule has 0 atom stereocenters. The van der Waals surface area contributed by atoms with Crippen molar-refractivity contribution in [2.75, 3.05) is 5.75 Å². The first-order valence-corrected chi connectivity index (χ1v) is 10.8. The molecule has 0 saturated heterocycles. The quantitative estimate of drug-likeness (QED) is 0.689. The van der Waals surface area contributed by atoms with E-state index in [2.05, 4.69) is 15.4 Å². The molecule has 144 valence electrons. The molecule has 1 aliphatic carbocycles. The van der Waals surface area contributed by atoms with E-state index in [-0.39, 0.29) is 16.0 Å². The van der Waals surface area contributed by atoms with E-state index in [1.807, 2.05) is 48.5 Å². The van der Waals surface area contributed by atoms with Gasteiger partial charge in [0, 0.05) is 0 Å². The number of rotatable bonds is 2. The number of carbonyl (C=O) groups is 2. The van der Waals surface area contributed by atoms with Crippen molar-refractivity contribution >= 4 is 62.3 Å². The molecule has 10 heteroatoms. The summed E-state index contributed by atoms with van der Waals surface area (Å²) >= 11 is 7.30. The van der Waals surface area contributed by atoms with E-state index in [1.165, 1.54) is 0 Å². The predicted octanol–water partition coefficient (Wildman–Crippen LogP) is 2.82. The lowest BCUT2D eigenvalue weighted by molar-refractivity contribution is -0.134. The van der Waals surface area contributed by atoms with Crippen LogP contribution < -0.4 is 5.43 Å². The first-order valence-electron chi connectivity index (χ1n) is 8.56. The third kappa shape index (κ3) is 2.75. The topological polar surface area (TPSA) is 94.4 Å². The van der Waals surface area contributed by atoms with Crippen LogP contribution in [0.15, 0.2) is 58.5 Å². The van der Waals surface area contributed by atoms with E-state index in [0.717, 1.165) is 45.8 Å². The number of nitrogens with one attached hydrogen (secondary N) is 1. The normalized spacial score (nSPS) is 18.7. The van der Waals surface area contributed by atoms with Gasteiger partial charge in [-0.25, -0.2) is 15.4 Å². The van der Waals surface area contributed by atoms with Crippen LogP contribution in [-0.4, -0.2) is 42.4 Å². The largest absolute Gasteiger partial charge is 0.481 e. The average Bonchev–Trinajstić information content (AvgIpc) is 2.99. The van der Waals surface area contributed by atoms with Gasteiger partial charge in [0.1, 0.15) is 0 Å². The molecular formula is C19H12N4O3S3. The number of benzene rings is 2. The molecule has 0 aromatic heterocycles. The van der Waals surface area contributed by atoms with Crippen LogP contribution in [0.3, 0.4) is 0 Å². The second-order valence-electron chi connectivity index (χ2n) is 6.43. The second-order valence-corrected chi connectivity index (χ2v) is 8.98. The number of amides is 1. The maximum atomic E-state index is 13.4. The van der Waals surface area contributed by atoms with Gasteiger partial charge in [0.05, 0.1) is 5.75 Å². The van der Waals surface area contributed by atoms with Gasteiger partial charge in [-0.3, -0.25) is 9.59 Å². The maximum Gasteiger partial charge on any atom is 0.313 e. The van der Waals surface area contributed by atoms with Crippen molar-refractivity contribution < 1.29 is 14.7 Å². The van der Waals surface area contributed by atoms with Crippen molar-refractivity contribution in [1.29, 1.82) is 0 Å². The Morgan fingerprint density at radius 2 is 1.76 bits per heavy atom. The van der Waals surface area contributed by atoms with Gasteiger partial charge in [0.25, 0.3) is 5.91 Å². The molecule has 29 heavy (non-hydrogen) atoms. The molecule has 0 fully saturated rings. The molecular weight excluding hydrogens is 428 g/mol. The van der Waals surface area contributed by atoms with Crippen molar-refractivity contribution in [3.63, 3.8) is 0 Å². The highest BCUT2D eigenvalue weighted by atomic mass is 32.2. The summed E-state index contributed by atoms with van der Waals surface area (Å²) in [5.41, 5.74) is 5.62. The molecule has 1 amide bonds. The molecule has 3 aliphatic rings. The fourth-order valence-corrected chi connectivity index (χ4v) is 5.51. The molecule has 0 unspecified atom stereocenters. The molecule has 0 bridgehead atoms. The summed E-state index contributed by atoms with van der Waals surface area (Å²) in [4.78, 5) is 33.1. The Bertz CT molecular complexity index is 1120. The van der Waals surface area contributed by atoms with Crippen molar-refractivity contribution in [3.8, 4) is 11.1 Å². The summed E-state index contributed by atoms with van der Waals surface area (Å²) in [6.07, 6.45) is 0. The Hall–Kier alpha value is -2.53. The van der Waals surface area contributed by atoms with Gasteiger partial charge < -0.3 is 5.11 Å². The summed E-state index contributed by atoms with van der Waals surface area (Å²) in [6, 6.07) is 15.4. The lowest BCUT2D eigenvalue weighted by Crippen LogP contribution is -2.63. The second kappa shape index (κ2) is 6.77. The number of hydrogen-bond acceptors (Lipinski definition) is 7. The number of fused-ring (bicyclic) bond motifs is 6. The summed E-state index contributed by atoms with van der Waals surface area (Å²) in [5, 5.41) is 11.3. The first-order chi connectivity index (χ1) is 14.0. The Labute approximate surface area is 179 Å². The van der Waals surface area contributed by atoms with Crippen LogP contribution in [0.5, 0.6) is 0 Å². The van der Waals surface area contributed by atoms with Crippen LogP contribution in [0.1, 0.15) is 11.1 Å². The summed E-state index contributed by atoms with van der Waals surface area (Å²) in [7, 11) is 0. The zero-order chi connectivity index (χ0) is 20.2. The van der Waals surface area contributed by atoms with Crippen LogP contribution in [-0.2, 0) is 15.1 Å². The lowest BCUT2D eigenvalue weighted by atomic mass is 9.87. The van der Waals surface area contributed by atoms with E-state index in [0.29, 0.717) is 10.3 Å². The summed E-state index contributed by atoms with van der Waals surface area (Å²) in [6.45, 7) is 0. The molecule has 0 radical (unpaired) electrons. The average molecular weight is 441 g/mol. The van der Waals surface area contributed by atoms with Gasteiger partial charge in [-0.05, 0) is 46.2 Å². The van der Waals surface area contributed by atoms with Gasteiger partial charge >= 0.3 is 5.97 Å². The van der Waals surface area contributed by atoms with Crippen molar-refractivity contribution in [2.24, 2.45) is 9.98 Å². The highest BCUT2D eigenvalue weighted by molar-refractivity contribution is 8.33. The molecule has 2 aliphatic heterocycles. The number of thiocarbonyl (C=S) groups is 1. The minimum Gasteiger partial charge on any atom is -0.481 e. The number of nitrogens with zero attached hydrogens (tertiary/aromatic N) is 3. The third-order valence-corrected chi connectivity index (χ3v) is 6.81. The van der Waals surface area contributed by atoms with Gasteiger partial charge in [0.15, 0.2) is 20.2 Å². The van der Waals surface area contributed by atoms with Gasteiger partial charge in [-0.15, -0.1) is 0 Å². The molecule has 2 heterocycles. The minimum absolute atomic E-state index is 0.189. The van der Waals surface area contributed by atoms with Crippen LogP contribution in [0.4, 0.5) is 0 Å². The smallest absolute Gasteiger partial charge is 0.313 e. The third-order valence-electron chi connectivity index (χ3n) is 4.82. The van der Waals surface area contributed by atoms with E-state index < -0.39 is 11.5 Å².